The van der Waals surface area contributed by atoms with Crippen LogP contribution >= 0.6 is 0 Å². The zero-order chi connectivity index (χ0) is 22.1. The van der Waals surface area contributed by atoms with Crippen LogP contribution in [0.1, 0.15) is 32.1 Å². The molecule has 9 heteroatoms. The van der Waals surface area contributed by atoms with Crippen LogP contribution in [0.15, 0.2) is 50.6 Å². The van der Waals surface area contributed by atoms with Crippen LogP contribution in [0, 0.1) is 0 Å². The van der Waals surface area contributed by atoms with Gasteiger partial charge in [-0.3, -0.25) is 0 Å². The molecule has 0 amide bonds. The summed E-state index contributed by atoms with van der Waals surface area (Å²) in [4.78, 5) is 0. The molecule has 0 rings (SSSR count). The molecule has 0 heterocycles. The predicted molar refractivity (Wildman–Crippen MR) is 106 cm³/mol. The SMILES string of the molecule is C=CC[N+](CC=C)(CC=C)CC=C.O=S(=O)(CCCCCCC(F)(F)F)OF. The molecule has 28 heavy (non-hydrogen) atoms. The lowest BCUT2D eigenvalue weighted by Crippen LogP contribution is -2.48. The molecular formula is C19H32F4NO3S+. The molecule has 0 fully saturated rings. The molecule has 164 valence electrons. The zero-order valence-electron chi connectivity index (χ0n) is 16.3. The minimum Gasteiger partial charge on any atom is -0.311 e. The fraction of sp³-hybridized carbons (Fsp3) is 0.579. The summed E-state index contributed by atoms with van der Waals surface area (Å²) < 4.78 is 70.6. The Morgan fingerprint density at radius 1 is 0.786 bits per heavy atom. The highest BCUT2D eigenvalue weighted by Crippen LogP contribution is 2.22. The highest BCUT2D eigenvalue weighted by atomic mass is 32.2. The van der Waals surface area contributed by atoms with Gasteiger partial charge in [-0.05, 0) is 41.7 Å². The number of alkyl halides is 3. The smallest absolute Gasteiger partial charge is 0.311 e. The maximum absolute atomic E-state index is 11.6. The average Bonchev–Trinajstić information content (AvgIpc) is 2.58. The Morgan fingerprint density at radius 3 is 1.50 bits per heavy atom. The number of unbranched alkanes of at least 4 members (excludes halogenated alkanes) is 3. The number of quaternary nitrogens is 1. The Morgan fingerprint density at radius 2 is 1.18 bits per heavy atom. The first-order valence-electron chi connectivity index (χ1n) is 8.89. The summed E-state index contributed by atoms with van der Waals surface area (Å²) in [7, 11) is -4.12. The fourth-order valence-corrected chi connectivity index (χ4v) is 3.15. The number of halogens is 4. The van der Waals surface area contributed by atoms with Gasteiger partial charge in [0.2, 0.25) is 0 Å². The Bertz CT molecular complexity index is 515. The highest BCUT2D eigenvalue weighted by molar-refractivity contribution is 7.86. The standard InChI is InChI=1S/C12H20N.C7H12F4O3S/c1-5-9-13(10-6-2,11-7-3)12-8-4;8-7(9,10)5-3-1-2-4-6-15(12,13)14-11/h5-8H,1-4,9-12H2;1-6H2/q+1;. The van der Waals surface area contributed by atoms with Crippen molar-refractivity contribution in [2.75, 3.05) is 31.9 Å². The van der Waals surface area contributed by atoms with E-state index in [0.717, 1.165) is 30.7 Å². The van der Waals surface area contributed by atoms with Crippen LogP contribution in [0.3, 0.4) is 0 Å². The monoisotopic (exact) mass is 430 g/mol. The van der Waals surface area contributed by atoms with Crippen molar-refractivity contribution in [1.29, 1.82) is 0 Å². The molecule has 0 aromatic carbocycles. The Kier molecular flexibility index (Phi) is 15.9. The van der Waals surface area contributed by atoms with E-state index >= 15 is 0 Å². The summed E-state index contributed by atoms with van der Waals surface area (Å²) in [6.07, 6.45) is 3.34. The van der Waals surface area contributed by atoms with Gasteiger partial charge in [-0.15, -0.1) is 0 Å². The van der Waals surface area contributed by atoms with Crippen LogP contribution in [0.25, 0.3) is 0 Å². The predicted octanol–water partition coefficient (Wildman–Crippen LogP) is 5.28. The van der Waals surface area contributed by atoms with Gasteiger partial charge in [0, 0.05) is 6.42 Å². The van der Waals surface area contributed by atoms with Crippen molar-refractivity contribution in [3.63, 3.8) is 0 Å². The average molecular weight is 431 g/mol. The summed E-state index contributed by atoms with van der Waals surface area (Å²) in [5.74, 6) is -0.504. The zero-order valence-corrected chi connectivity index (χ0v) is 17.1. The third-order valence-corrected chi connectivity index (χ3v) is 4.75. The van der Waals surface area contributed by atoms with Crippen LogP contribution in [0.2, 0.25) is 0 Å². The first-order valence-corrected chi connectivity index (χ1v) is 10.5. The van der Waals surface area contributed by atoms with Gasteiger partial charge >= 0.3 is 6.18 Å². The molecule has 0 saturated heterocycles. The fourth-order valence-electron chi connectivity index (χ4n) is 2.53. The van der Waals surface area contributed by atoms with Crippen molar-refractivity contribution < 1.29 is 35.0 Å². The molecule has 0 spiro atoms. The van der Waals surface area contributed by atoms with Crippen molar-refractivity contribution >= 4 is 10.1 Å². The number of rotatable bonds is 15. The van der Waals surface area contributed by atoms with E-state index in [1.807, 2.05) is 24.3 Å². The first kappa shape index (κ1) is 28.8. The van der Waals surface area contributed by atoms with Gasteiger partial charge in [-0.1, -0.05) is 43.5 Å². The van der Waals surface area contributed by atoms with Gasteiger partial charge in [-0.25, -0.2) is 0 Å². The van der Waals surface area contributed by atoms with E-state index in [9.17, 15) is 26.1 Å². The topological polar surface area (TPSA) is 43.4 Å². The van der Waals surface area contributed by atoms with Gasteiger partial charge in [0.15, 0.2) is 0 Å². The third-order valence-electron chi connectivity index (χ3n) is 3.77. The summed E-state index contributed by atoms with van der Waals surface area (Å²) in [5, 5.41) is 0. The van der Waals surface area contributed by atoms with E-state index in [1.54, 1.807) is 0 Å². The second kappa shape index (κ2) is 15.5. The molecule has 0 unspecified atom stereocenters. The molecule has 0 bridgehead atoms. The first-order chi connectivity index (χ1) is 13.0. The summed E-state index contributed by atoms with van der Waals surface area (Å²) >= 11 is 0. The lowest BCUT2D eigenvalue weighted by atomic mass is 10.1. The maximum Gasteiger partial charge on any atom is 0.389 e. The molecule has 4 nitrogen and oxygen atoms in total. The maximum atomic E-state index is 11.6. The van der Waals surface area contributed by atoms with Gasteiger partial charge in [-0.2, -0.15) is 21.6 Å². The van der Waals surface area contributed by atoms with Gasteiger partial charge in [0.05, 0.1) is 31.9 Å². The van der Waals surface area contributed by atoms with Crippen molar-refractivity contribution in [1.82, 2.24) is 0 Å². The van der Waals surface area contributed by atoms with E-state index < -0.39 is 28.5 Å². The molecule has 0 aliphatic rings. The Labute approximate surface area is 166 Å². The lowest BCUT2D eigenvalue weighted by Gasteiger charge is -2.35. The van der Waals surface area contributed by atoms with Gasteiger partial charge < -0.3 is 4.48 Å². The van der Waals surface area contributed by atoms with E-state index in [0.29, 0.717) is 6.42 Å². The molecule has 0 N–H and O–H groups in total. The van der Waals surface area contributed by atoms with Crippen LogP contribution in [0.5, 0.6) is 0 Å². The Balaban J connectivity index is 0. The van der Waals surface area contributed by atoms with Gasteiger partial charge in [0.1, 0.15) is 0 Å². The summed E-state index contributed by atoms with van der Waals surface area (Å²) in [6.45, 7) is 18.8. The van der Waals surface area contributed by atoms with Crippen molar-refractivity contribution in [2.45, 2.75) is 38.3 Å². The number of hydrogen-bond acceptors (Lipinski definition) is 3. The second-order valence-corrected chi connectivity index (χ2v) is 7.98. The summed E-state index contributed by atoms with van der Waals surface area (Å²) in [6, 6.07) is 0. The van der Waals surface area contributed by atoms with Crippen LogP contribution in [0.4, 0.5) is 17.7 Å². The molecule has 0 aliphatic heterocycles. The molecule has 0 saturated carbocycles. The van der Waals surface area contributed by atoms with Crippen LogP contribution < -0.4 is 0 Å². The molecule has 0 atom stereocenters. The van der Waals surface area contributed by atoms with Crippen molar-refractivity contribution in [3.05, 3.63) is 50.6 Å². The second-order valence-electron chi connectivity index (χ2n) is 6.33. The van der Waals surface area contributed by atoms with Gasteiger partial charge in [0.25, 0.3) is 10.1 Å². The van der Waals surface area contributed by atoms with Crippen LogP contribution in [-0.2, 0) is 14.5 Å². The van der Waals surface area contributed by atoms with Crippen molar-refractivity contribution in [2.24, 2.45) is 0 Å². The minimum absolute atomic E-state index is 0.0416. The molecule has 0 aromatic rings. The largest absolute Gasteiger partial charge is 0.389 e. The number of hydrogen-bond donors (Lipinski definition) is 0. The normalized spacial score (nSPS) is 11.9. The summed E-state index contributed by atoms with van der Waals surface area (Å²) in [5.41, 5.74) is 0. The third kappa shape index (κ3) is 16.7. The Hall–Kier alpha value is -1.45. The van der Waals surface area contributed by atoms with E-state index in [4.69, 9.17) is 0 Å². The van der Waals surface area contributed by atoms with E-state index in [1.165, 1.54) is 0 Å². The van der Waals surface area contributed by atoms with Crippen LogP contribution in [-0.4, -0.2) is 51.0 Å². The minimum atomic E-state index is -4.17. The number of nitrogens with zero attached hydrogens (tertiary/aromatic N) is 1. The highest BCUT2D eigenvalue weighted by Gasteiger charge is 2.25. The quantitative estimate of drug-likeness (QED) is 0.154. The van der Waals surface area contributed by atoms with E-state index in [2.05, 4.69) is 30.7 Å². The molecule has 0 aromatic heterocycles. The molecule has 0 radical (unpaired) electrons. The molecule has 0 aliphatic carbocycles. The van der Waals surface area contributed by atoms with Crippen molar-refractivity contribution in [3.8, 4) is 0 Å². The van der Waals surface area contributed by atoms with E-state index in [-0.39, 0.29) is 19.3 Å². The lowest BCUT2D eigenvalue weighted by molar-refractivity contribution is -0.906. The molecular weight excluding hydrogens is 398 g/mol.